The lowest BCUT2D eigenvalue weighted by Crippen LogP contribution is -2.27. The Morgan fingerprint density at radius 2 is 1.68 bits per heavy atom. The van der Waals surface area contributed by atoms with Gasteiger partial charge in [-0.3, -0.25) is 4.79 Å². The van der Waals surface area contributed by atoms with Crippen molar-refractivity contribution < 1.29 is 27.4 Å². The maximum atomic E-state index is 13.9. The average Bonchev–Trinajstić information content (AvgIpc) is 2.60. The largest absolute Gasteiger partial charge is 0.497 e. The number of methoxy groups -OCH3 is 2. The van der Waals surface area contributed by atoms with Gasteiger partial charge in [-0.25, -0.2) is 13.2 Å². The van der Waals surface area contributed by atoms with Crippen molar-refractivity contribution in [2.24, 2.45) is 0 Å². The molecule has 2 aromatic rings. The molecule has 0 saturated carbocycles. The summed E-state index contributed by atoms with van der Waals surface area (Å²) < 4.78 is 50.0. The van der Waals surface area contributed by atoms with Crippen molar-refractivity contribution in [1.29, 1.82) is 0 Å². The quantitative estimate of drug-likeness (QED) is 0.609. The van der Waals surface area contributed by atoms with Crippen molar-refractivity contribution >= 4 is 11.7 Å². The van der Waals surface area contributed by atoms with Gasteiger partial charge in [0.2, 0.25) is 0 Å². The summed E-state index contributed by atoms with van der Waals surface area (Å²) in [5.41, 5.74) is 0.631. The summed E-state index contributed by atoms with van der Waals surface area (Å²) in [6.07, 6.45) is -0.0921. The average molecular weight is 353 g/mol. The number of carbonyl (C=O) groups is 1. The SMILES string of the molecule is COC(=O)C[C@@H](Cc1cc(F)c(F)cc1F)Nc1ccc(OC)cc1. The van der Waals surface area contributed by atoms with Gasteiger partial charge in [0.05, 0.1) is 20.6 Å². The highest BCUT2D eigenvalue weighted by Crippen LogP contribution is 2.20. The first kappa shape index (κ1) is 18.6. The minimum Gasteiger partial charge on any atom is -0.497 e. The van der Waals surface area contributed by atoms with E-state index in [9.17, 15) is 18.0 Å². The van der Waals surface area contributed by atoms with Gasteiger partial charge in [0.25, 0.3) is 0 Å². The third-order valence-electron chi connectivity index (χ3n) is 3.66. The Morgan fingerprint density at radius 1 is 1.04 bits per heavy atom. The summed E-state index contributed by atoms with van der Waals surface area (Å²) >= 11 is 0. The molecule has 4 nitrogen and oxygen atoms in total. The molecule has 0 bridgehead atoms. The summed E-state index contributed by atoms with van der Waals surface area (Å²) in [5.74, 6) is -3.12. The van der Waals surface area contributed by atoms with Gasteiger partial charge >= 0.3 is 5.97 Å². The molecule has 0 spiro atoms. The number of hydrogen-bond acceptors (Lipinski definition) is 4. The van der Waals surface area contributed by atoms with Crippen LogP contribution in [-0.2, 0) is 16.0 Å². The molecular formula is C18H18F3NO3. The van der Waals surface area contributed by atoms with Crippen LogP contribution in [0.2, 0.25) is 0 Å². The number of carbonyl (C=O) groups excluding carboxylic acids is 1. The van der Waals surface area contributed by atoms with Crippen LogP contribution in [0.1, 0.15) is 12.0 Å². The molecule has 134 valence electrons. The van der Waals surface area contributed by atoms with Gasteiger partial charge in [0.1, 0.15) is 11.6 Å². The minimum absolute atomic E-state index is 0.0236. The molecule has 25 heavy (non-hydrogen) atoms. The van der Waals surface area contributed by atoms with Crippen LogP contribution in [0.4, 0.5) is 18.9 Å². The van der Waals surface area contributed by atoms with Crippen molar-refractivity contribution in [2.45, 2.75) is 18.9 Å². The highest BCUT2D eigenvalue weighted by Gasteiger charge is 2.19. The maximum absolute atomic E-state index is 13.9. The van der Waals surface area contributed by atoms with Crippen LogP contribution in [0.15, 0.2) is 36.4 Å². The Morgan fingerprint density at radius 3 is 2.28 bits per heavy atom. The smallest absolute Gasteiger partial charge is 0.307 e. The molecule has 0 aliphatic rings. The van der Waals surface area contributed by atoms with Crippen LogP contribution in [0.25, 0.3) is 0 Å². The van der Waals surface area contributed by atoms with E-state index in [0.717, 1.165) is 6.07 Å². The van der Waals surface area contributed by atoms with Gasteiger partial charge in [0, 0.05) is 17.8 Å². The monoisotopic (exact) mass is 353 g/mol. The Balaban J connectivity index is 2.20. The maximum Gasteiger partial charge on any atom is 0.307 e. The van der Waals surface area contributed by atoms with Crippen molar-refractivity contribution in [3.63, 3.8) is 0 Å². The Kier molecular flexibility index (Phi) is 6.27. The lowest BCUT2D eigenvalue weighted by molar-refractivity contribution is -0.140. The summed E-state index contributed by atoms with van der Waals surface area (Å²) in [5, 5.41) is 3.07. The second kappa shape index (κ2) is 8.41. The molecule has 0 aromatic heterocycles. The van der Waals surface area contributed by atoms with Gasteiger partial charge < -0.3 is 14.8 Å². The number of esters is 1. The van der Waals surface area contributed by atoms with Crippen LogP contribution in [0.5, 0.6) is 5.75 Å². The van der Waals surface area contributed by atoms with Gasteiger partial charge in [0.15, 0.2) is 11.6 Å². The second-order valence-corrected chi connectivity index (χ2v) is 5.41. The molecule has 1 N–H and O–H groups in total. The molecule has 0 unspecified atom stereocenters. The van der Waals surface area contributed by atoms with E-state index in [1.165, 1.54) is 14.2 Å². The first-order chi connectivity index (χ1) is 11.9. The molecule has 0 aliphatic heterocycles. The predicted molar refractivity (Wildman–Crippen MR) is 87.1 cm³/mol. The van der Waals surface area contributed by atoms with Crippen LogP contribution in [0, 0.1) is 17.5 Å². The molecule has 0 amide bonds. The van der Waals surface area contributed by atoms with Crippen molar-refractivity contribution in [3.05, 3.63) is 59.4 Å². The molecule has 7 heteroatoms. The van der Waals surface area contributed by atoms with Crippen LogP contribution in [-0.4, -0.2) is 26.2 Å². The van der Waals surface area contributed by atoms with E-state index >= 15 is 0 Å². The lowest BCUT2D eigenvalue weighted by atomic mass is 10.0. The zero-order valence-electron chi connectivity index (χ0n) is 13.8. The number of anilines is 1. The van der Waals surface area contributed by atoms with Crippen LogP contribution in [0.3, 0.4) is 0 Å². The zero-order valence-corrected chi connectivity index (χ0v) is 13.8. The van der Waals surface area contributed by atoms with Crippen LogP contribution >= 0.6 is 0 Å². The fraction of sp³-hybridized carbons (Fsp3) is 0.278. The number of hydrogen-bond donors (Lipinski definition) is 1. The number of rotatable bonds is 7. The number of ether oxygens (including phenoxy) is 2. The summed E-state index contributed by atoms with van der Waals surface area (Å²) in [7, 11) is 2.78. The van der Waals surface area contributed by atoms with E-state index in [0.29, 0.717) is 17.5 Å². The normalized spacial score (nSPS) is 11.7. The predicted octanol–water partition coefficient (Wildman–Crippen LogP) is 3.70. The molecule has 1 atom stereocenters. The molecule has 2 aromatic carbocycles. The van der Waals surface area contributed by atoms with Gasteiger partial charge in [-0.1, -0.05) is 0 Å². The van der Waals surface area contributed by atoms with E-state index in [-0.39, 0.29) is 18.4 Å². The van der Waals surface area contributed by atoms with E-state index in [4.69, 9.17) is 4.74 Å². The van der Waals surface area contributed by atoms with Crippen LogP contribution < -0.4 is 10.1 Å². The van der Waals surface area contributed by atoms with E-state index in [1.807, 2.05) is 0 Å². The highest BCUT2D eigenvalue weighted by molar-refractivity contribution is 5.70. The zero-order chi connectivity index (χ0) is 18.4. The Labute approximate surface area is 143 Å². The van der Waals surface area contributed by atoms with E-state index in [1.54, 1.807) is 24.3 Å². The summed E-state index contributed by atoms with van der Waals surface area (Å²) in [6.45, 7) is 0. The molecule has 0 aliphatic carbocycles. The molecule has 0 radical (unpaired) electrons. The fourth-order valence-electron chi connectivity index (χ4n) is 2.37. The lowest BCUT2D eigenvalue weighted by Gasteiger charge is -2.20. The first-order valence-corrected chi connectivity index (χ1v) is 7.53. The second-order valence-electron chi connectivity index (χ2n) is 5.41. The fourth-order valence-corrected chi connectivity index (χ4v) is 2.37. The highest BCUT2D eigenvalue weighted by atomic mass is 19.2. The third kappa shape index (κ3) is 5.14. The number of halogens is 3. The van der Waals surface area contributed by atoms with Gasteiger partial charge in [-0.05, 0) is 42.3 Å². The summed E-state index contributed by atoms with van der Waals surface area (Å²) in [4.78, 5) is 11.6. The molecule has 0 heterocycles. The van der Waals surface area contributed by atoms with Crippen molar-refractivity contribution in [2.75, 3.05) is 19.5 Å². The van der Waals surface area contributed by atoms with Crippen molar-refractivity contribution in [3.8, 4) is 5.75 Å². The molecular weight excluding hydrogens is 335 g/mol. The standard InChI is InChI=1S/C18H18F3NO3/c1-24-14-5-3-12(4-6-14)22-13(9-18(23)25-2)7-11-8-16(20)17(21)10-15(11)19/h3-6,8,10,13,22H,7,9H2,1-2H3/t13-/m1/s1. The Hall–Kier alpha value is -2.70. The molecule has 0 fully saturated rings. The van der Waals surface area contributed by atoms with Crippen molar-refractivity contribution in [1.82, 2.24) is 0 Å². The molecule has 0 saturated heterocycles. The Bertz CT molecular complexity index is 735. The minimum atomic E-state index is -1.26. The van der Waals surface area contributed by atoms with Gasteiger partial charge in [-0.2, -0.15) is 0 Å². The topological polar surface area (TPSA) is 47.6 Å². The van der Waals surface area contributed by atoms with E-state index < -0.39 is 29.5 Å². The first-order valence-electron chi connectivity index (χ1n) is 7.53. The summed E-state index contributed by atoms with van der Waals surface area (Å²) in [6, 6.07) is 7.61. The number of benzene rings is 2. The number of nitrogens with one attached hydrogen (secondary N) is 1. The third-order valence-corrected chi connectivity index (χ3v) is 3.66. The molecule has 2 rings (SSSR count). The van der Waals surface area contributed by atoms with E-state index in [2.05, 4.69) is 10.1 Å². The van der Waals surface area contributed by atoms with Gasteiger partial charge in [-0.15, -0.1) is 0 Å².